The Hall–Kier alpha value is -3.90. The van der Waals surface area contributed by atoms with Gasteiger partial charge in [0.1, 0.15) is 5.57 Å². The molecule has 1 aromatic heterocycles. The fourth-order valence-corrected chi connectivity index (χ4v) is 3.62. The molecule has 1 aliphatic heterocycles. The van der Waals surface area contributed by atoms with Crippen LogP contribution in [0, 0.1) is 10.1 Å². The number of carbonyl (C=O) groups excluding carboxylic acids is 2. The van der Waals surface area contributed by atoms with Gasteiger partial charge in [-0.05, 0) is 53.8 Å². The Kier molecular flexibility index (Phi) is 5.56. The van der Waals surface area contributed by atoms with Crippen molar-refractivity contribution in [1.29, 1.82) is 0 Å². The van der Waals surface area contributed by atoms with Gasteiger partial charge >= 0.3 is 0 Å². The maximum absolute atomic E-state index is 12.0. The van der Waals surface area contributed by atoms with Crippen LogP contribution in [-0.2, 0) is 9.59 Å². The standard InChI is InChI=1S/C19H11N5O5S2/c25-15-12(16(26)21-18(30)20-15)8-10-6-7-14(13(9-10)24(27)28)31-19-23-22-17(29-19)11-4-2-1-3-5-11/h1-9H,(H2,20,21,25,26,30). The van der Waals surface area contributed by atoms with E-state index in [0.29, 0.717) is 11.5 Å². The topological polar surface area (TPSA) is 140 Å². The number of nitrogens with one attached hydrogen (secondary N) is 2. The van der Waals surface area contributed by atoms with Crippen molar-refractivity contribution in [3.8, 4) is 11.5 Å². The van der Waals surface area contributed by atoms with E-state index in [0.717, 1.165) is 17.3 Å². The summed E-state index contributed by atoms with van der Waals surface area (Å²) in [6.07, 6.45) is 1.24. The highest BCUT2D eigenvalue weighted by Crippen LogP contribution is 2.36. The number of amides is 2. The van der Waals surface area contributed by atoms with Crippen molar-refractivity contribution in [2.45, 2.75) is 10.1 Å². The van der Waals surface area contributed by atoms with Gasteiger partial charge in [0.25, 0.3) is 22.7 Å². The first-order valence-corrected chi connectivity index (χ1v) is 9.87. The van der Waals surface area contributed by atoms with Crippen LogP contribution >= 0.6 is 24.0 Å². The van der Waals surface area contributed by atoms with Gasteiger partial charge in [-0.1, -0.05) is 24.3 Å². The molecule has 2 aromatic carbocycles. The molecule has 4 rings (SSSR count). The molecule has 10 nitrogen and oxygen atoms in total. The van der Waals surface area contributed by atoms with E-state index in [1.54, 1.807) is 12.1 Å². The Balaban J connectivity index is 1.62. The largest absolute Gasteiger partial charge is 0.411 e. The first kappa shape index (κ1) is 20.4. The number of benzene rings is 2. The van der Waals surface area contributed by atoms with E-state index in [1.807, 2.05) is 18.2 Å². The van der Waals surface area contributed by atoms with E-state index in [4.69, 9.17) is 16.6 Å². The summed E-state index contributed by atoms with van der Waals surface area (Å²) in [5, 5.41) is 24.1. The zero-order valence-corrected chi connectivity index (χ0v) is 17.0. The summed E-state index contributed by atoms with van der Waals surface area (Å²) in [5.74, 6) is -1.08. The van der Waals surface area contributed by atoms with Crippen LogP contribution in [0.4, 0.5) is 5.69 Å². The van der Waals surface area contributed by atoms with Crippen molar-refractivity contribution in [3.63, 3.8) is 0 Å². The van der Waals surface area contributed by atoms with Crippen molar-refractivity contribution in [1.82, 2.24) is 20.8 Å². The number of nitro groups is 1. The average molecular weight is 453 g/mol. The quantitative estimate of drug-likeness (QED) is 0.196. The third-order valence-electron chi connectivity index (χ3n) is 4.06. The van der Waals surface area contributed by atoms with Gasteiger partial charge in [-0.15, -0.1) is 10.2 Å². The molecular formula is C19H11N5O5S2. The number of aromatic nitrogens is 2. The Bertz CT molecular complexity index is 1230. The number of hydrogen-bond acceptors (Lipinski definition) is 9. The predicted octanol–water partition coefficient (Wildman–Crippen LogP) is 2.71. The second-order valence-electron chi connectivity index (χ2n) is 6.12. The van der Waals surface area contributed by atoms with Crippen LogP contribution in [0.15, 0.2) is 68.6 Å². The minimum absolute atomic E-state index is 0.0979. The van der Waals surface area contributed by atoms with Gasteiger partial charge in [0.05, 0.1) is 9.82 Å². The van der Waals surface area contributed by atoms with Gasteiger partial charge < -0.3 is 4.42 Å². The predicted molar refractivity (Wildman–Crippen MR) is 114 cm³/mol. The maximum Gasteiger partial charge on any atom is 0.284 e. The summed E-state index contributed by atoms with van der Waals surface area (Å²) in [6.45, 7) is 0. The van der Waals surface area contributed by atoms with Crippen LogP contribution in [0.5, 0.6) is 0 Å². The molecule has 1 saturated heterocycles. The summed E-state index contributed by atoms with van der Waals surface area (Å²) < 4.78 is 5.59. The fraction of sp³-hybridized carbons (Fsp3) is 0. The maximum atomic E-state index is 12.0. The third-order valence-corrected chi connectivity index (χ3v) is 5.17. The molecule has 1 fully saturated rings. The van der Waals surface area contributed by atoms with Gasteiger partial charge in [-0.25, -0.2) is 0 Å². The average Bonchev–Trinajstić information content (AvgIpc) is 3.20. The summed E-state index contributed by atoms with van der Waals surface area (Å²) >= 11 is 5.68. The highest BCUT2D eigenvalue weighted by molar-refractivity contribution is 7.99. The molecular weight excluding hydrogens is 442 g/mol. The van der Waals surface area contributed by atoms with Gasteiger partial charge in [0, 0.05) is 11.6 Å². The Morgan fingerprint density at radius 2 is 1.77 bits per heavy atom. The monoisotopic (exact) mass is 453 g/mol. The van der Waals surface area contributed by atoms with Crippen molar-refractivity contribution in [2.24, 2.45) is 0 Å². The summed E-state index contributed by atoms with van der Waals surface area (Å²) in [7, 11) is 0. The third kappa shape index (κ3) is 4.49. The van der Waals surface area contributed by atoms with E-state index < -0.39 is 16.7 Å². The molecule has 0 aliphatic carbocycles. The number of carbonyl (C=O) groups is 2. The van der Waals surface area contributed by atoms with E-state index >= 15 is 0 Å². The second kappa shape index (κ2) is 8.45. The van der Waals surface area contributed by atoms with Crippen LogP contribution in [0.1, 0.15) is 5.56 Å². The molecule has 0 unspecified atom stereocenters. The van der Waals surface area contributed by atoms with Crippen molar-refractivity contribution >= 4 is 52.7 Å². The summed E-state index contributed by atoms with van der Waals surface area (Å²) in [5.41, 5.74) is 0.556. The number of thiocarbonyl (C=S) groups is 1. The Morgan fingerprint density at radius 1 is 1.06 bits per heavy atom. The molecule has 1 aliphatic rings. The Labute approximate surface area is 183 Å². The summed E-state index contributed by atoms with van der Waals surface area (Å²) in [6, 6.07) is 13.4. The first-order chi connectivity index (χ1) is 14.9. The zero-order valence-electron chi connectivity index (χ0n) is 15.4. The van der Waals surface area contributed by atoms with Crippen LogP contribution in [0.25, 0.3) is 17.5 Å². The highest BCUT2D eigenvalue weighted by atomic mass is 32.2. The van der Waals surface area contributed by atoms with Crippen LogP contribution in [0.2, 0.25) is 0 Å². The molecule has 31 heavy (non-hydrogen) atoms. The van der Waals surface area contributed by atoms with Gasteiger partial charge in [0.2, 0.25) is 5.89 Å². The lowest BCUT2D eigenvalue weighted by Crippen LogP contribution is -2.51. The molecule has 0 bridgehead atoms. The van der Waals surface area contributed by atoms with Gasteiger partial charge in [-0.2, -0.15) is 0 Å². The molecule has 2 amide bonds. The van der Waals surface area contributed by atoms with E-state index in [2.05, 4.69) is 20.8 Å². The van der Waals surface area contributed by atoms with Gasteiger partial charge in [0.15, 0.2) is 5.11 Å². The molecule has 2 heterocycles. The SMILES string of the molecule is O=C1NC(=S)NC(=O)C1=Cc1ccc(Sc2nnc(-c3ccccc3)o2)c([N+](=O)[O-])c1. The molecule has 3 aromatic rings. The molecule has 2 N–H and O–H groups in total. The molecule has 12 heteroatoms. The van der Waals surface area contributed by atoms with Crippen LogP contribution in [-0.4, -0.2) is 32.0 Å². The van der Waals surface area contributed by atoms with Crippen molar-refractivity contribution in [2.75, 3.05) is 0 Å². The normalized spacial score (nSPS) is 13.5. The molecule has 154 valence electrons. The Morgan fingerprint density at radius 3 is 2.45 bits per heavy atom. The van der Waals surface area contributed by atoms with E-state index in [-0.39, 0.29) is 26.5 Å². The summed E-state index contributed by atoms with van der Waals surface area (Å²) in [4.78, 5) is 35.2. The minimum atomic E-state index is -0.686. The second-order valence-corrected chi connectivity index (χ2v) is 7.52. The highest BCUT2D eigenvalue weighted by Gasteiger charge is 2.26. The molecule has 0 saturated carbocycles. The minimum Gasteiger partial charge on any atom is -0.411 e. The molecule has 0 spiro atoms. The van der Waals surface area contributed by atoms with Crippen LogP contribution < -0.4 is 10.6 Å². The fourth-order valence-electron chi connectivity index (χ4n) is 2.67. The van der Waals surface area contributed by atoms with E-state index in [1.165, 1.54) is 24.3 Å². The molecule has 0 radical (unpaired) electrons. The first-order valence-electron chi connectivity index (χ1n) is 8.64. The van der Waals surface area contributed by atoms with Crippen molar-refractivity contribution in [3.05, 3.63) is 69.8 Å². The number of nitrogens with zero attached hydrogens (tertiary/aromatic N) is 3. The lowest BCUT2D eigenvalue weighted by Gasteiger charge is -2.16. The lowest BCUT2D eigenvalue weighted by molar-refractivity contribution is -0.387. The zero-order chi connectivity index (χ0) is 22.0. The van der Waals surface area contributed by atoms with Gasteiger partial charge in [-0.3, -0.25) is 30.3 Å². The van der Waals surface area contributed by atoms with Crippen LogP contribution in [0.3, 0.4) is 0 Å². The number of hydrogen-bond donors (Lipinski definition) is 2. The van der Waals surface area contributed by atoms with Crippen molar-refractivity contribution < 1.29 is 18.9 Å². The number of nitro benzene ring substituents is 1. The number of rotatable bonds is 5. The lowest BCUT2D eigenvalue weighted by atomic mass is 10.1. The molecule has 0 atom stereocenters. The van der Waals surface area contributed by atoms with E-state index in [9.17, 15) is 19.7 Å². The smallest absolute Gasteiger partial charge is 0.284 e.